The van der Waals surface area contributed by atoms with E-state index in [4.69, 9.17) is 4.74 Å². The molecule has 1 aliphatic rings. The average Bonchev–Trinajstić information content (AvgIpc) is 3.11. The van der Waals surface area contributed by atoms with Gasteiger partial charge in [0.15, 0.2) is 0 Å². The second-order valence-corrected chi connectivity index (χ2v) is 8.61. The van der Waals surface area contributed by atoms with Crippen LogP contribution in [0.2, 0.25) is 0 Å². The van der Waals surface area contributed by atoms with Crippen molar-refractivity contribution in [3.05, 3.63) is 113 Å². The predicted molar refractivity (Wildman–Crippen MR) is 134 cm³/mol. The lowest BCUT2D eigenvalue weighted by Gasteiger charge is -2.18. The fourth-order valence-corrected chi connectivity index (χ4v) is 5.14. The molecule has 33 heavy (non-hydrogen) atoms. The maximum absolute atomic E-state index is 13.8. The van der Waals surface area contributed by atoms with Crippen molar-refractivity contribution in [3.63, 3.8) is 0 Å². The van der Waals surface area contributed by atoms with Gasteiger partial charge in [0.1, 0.15) is 5.75 Å². The number of thioether (sulfide) groups is 1. The summed E-state index contributed by atoms with van der Waals surface area (Å²) in [5, 5.41) is 1.83. The summed E-state index contributed by atoms with van der Waals surface area (Å²) in [5.41, 5.74) is 2.67. The fourth-order valence-electron chi connectivity index (χ4n) is 4.08. The minimum absolute atomic E-state index is 0.307. The van der Waals surface area contributed by atoms with Crippen LogP contribution in [0.25, 0.3) is 16.3 Å². The fraction of sp³-hybridized carbons (Fsp3) is 0.0714. The van der Waals surface area contributed by atoms with Crippen LogP contribution in [0.4, 0.5) is 5.69 Å². The van der Waals surface area contributed by atoms with Gasteiger partial charge in [-0.05, 0) is 23.1 Å². The van der Waals surface area contributed by atoms with Gasteiger partial charge in [0, 0.05) is 16.7 Å². The van der Waals surface area contributed by atoms with Crippen LogP contribution in [0, 0.1) is 0 Å². The van der Waals surface area contributed by atoms with E-state index >= 15 is 0 Å². The lowest BCUT2D eigenvalue weighted by molar-refractivity contribution is -0.119. The number of amides is 2. The Kier molecular flexibility index (Phi) is 5.71. The summed E-state index contributed by atoms with van der Waals surface area (Å²) in [6.45, 7) is 0. The largest absolute Gasteiger partial charge is 0.496 e. The van der Waals surface area contributed by atoms with Crippen LogP contribution in [0.1, 0.15) is 11.1 Å². The van der Waals surface area contributed by atoms with Crippen molar-refractivity contribution < 1.29 is 14.3 Å². The third kappa shape index (κ3) is 3.81. The normalized spacial score (nSPS) is 13.8. The first kappa shape index (κ1) is 21.0. The third-order valence-corrected chi connectivity index (χ3v) is 6.80. The SMILES string of the molecule is COc1ccccc1C1=C(SCc2ccccc2)C(=O)N(c2cccc3ccccc23)C1=O. The van der Waals surface area contributed by atoms with E-state index in [1.54, 1.807) is 13.2 Å². The highest BCUT2D eigenvalue weighted by Gasteiger charge is 2.41. The summed E-state index contributed by atoms with van der Waals surface area (Å²) in [7, 11) is 1.57. The minimum Gasteiger partial charge on any atom is -0.496 e. The monoisotopic (exact) mass is 451 g/mol. The van der Waals surface area contributed by atoms with Gasteiger partial charge in [0.05, 0.1) is 23.3 Å². The summed E-state index contributed by atoms with van der Waals surface area (Å²) in [5.74, 6) is 0.498. The molecule has 2 amide bonds. The number of hydrogen-bond donors (Lipinski definition) is 0. The summed E-state index contributed by atoms with van der Waals surface area (Å²) in [6, 6.07) is 30.7. The number of hydrogen-bond acceptors (Lipinski definition) is 4. The van der Waals surface area contributed by atoms with Crippen LogP contribution in [0.3, 0.4) is 0 Å². The molecular weight excluding hydrogens is 430 g/mol. The molecule has 4 aromatic carbocycles. The van der Waals surface area contributed by atoms with Crippen molar-refractivity contribution in [2.45, 2.75) is 5.75 Å². The number of methoxy groups -OCH3 is 1. The highest BCUT2D eigenvalue weighted by atomic mass is 32.2. The van der Waals surface area contributed by atoms with E-state index in [0.717, 1.165) is 16.3 Å². The molecule has 0 saturated carbocycles. The number of nitrogens with zero attached hydrogens (tertiary/aromatic N) is 1. The Morgan fingerprint density at radius 3 is 2.27 bits per heavy atom. The topological polar surface area (TPSA) is 46.6 Å². The summed E-state index contributed by atoms with van der Waals surface area (Å²) < 4.78 is 5.54. The molecule has 0 aromatic heterocycles. The molecule has 5 heteroatoms. The molecule has 0 fully saturated rings. The first-order valence-electron chi connectivity index (χ1n) is 10.6. The van der Waals surface area contributed by atoms with Gasteiger partial charge in [0.25, 0.3) is 11.8 Å². The van der Waals surface area contributed by atoms with Crippen LogP contribution in [-0.4, -0.2) is 18.9 Å². The van der Waals surface area contributed by atoms with Gasteiger partial charge in [-0.1, -0.05) is 84.9 Å². The Balaban J connectivity index is 1.63. The summed E-state index contributed by atoms with van der Waals surface area (Å²) in [4.78, 5) is 29.3. The smallest absolute Gasteiger partial charge is 0.272 e. The summed E-state index contributed by atoms with van der Waals surface area (Å²) in [6.07, 6.45) is 0. The molecule has 0 radical (unpaired) electrons. The number of anilines is 1. The van der Waals surface area contributed by atoms with Gasteiger partial charge >= 0.3 is 0 Å². The van der Waals surface area contributed by atoms with E-state index in [1.165, 1.54) is 16.7 Å². The zero-order chi connectivity index (χ0) is 22.8. The number of carbonyl (C=O) groups is 2. The molecule has 1 aliphatic heterocycles. The molecule has 1 heterocycles. The van der Waals surface area contributed by atoms with Gasteiger partial charge in [-0.25, -0.2) is 4.90 Å². The molecule has 162 valence electrons. The average molecular weight is 452 g/mol. The molecular formula is C28H21NO3S. The van der Waals surface area contributed by atoms with Gasteiger partial charge in [-0.3, -0.25) is 9.59 Å². The van der Waals surface area contributed by atoms with E-state index < -0.39 is 0 Å². The van der Waals surface area contributed by atoms with Crippen LogP contribution < -0.4 is 9.64 Å². The Bertz CT molecular complexity index is 1390. The zero-order valence-corrected chi connectivity index (χ0v) is 18.8. The van der Waals surface area contributed by atoms with E-state index in [-0.39, 0.29) is 11.8 Å². The number of ether oxygens (including phenoxy) is 1. The molecule has 5 rings (SSSR count). The number of rotatable bonds is 6. The maximum atomic E-state index is 13.8. The van der Waals surface area contributed by atoms with Crippen molar-refractivity contribution in [3.8, 4) is 5.75 Å². The van der Waals surface area contributed by atoms with Crippen molar-refractivity contribution >= 4 is 45.6 Å². The number of imide groups is 1. The molecule has 4 aromatic rings. The van der Waals surface area contributed by atoms with Gasteiger partial charge < -0.3 is 4.74 Å². The molecule has 0 saturated heterocycles. The van der Waals surface area contributed by atoms with Crippen LogP contribution in [-0.2, 0) is 15.3 Å². The Hall–Kier alpha value is -3.83. The lowest BCUT2D eigenvalue weighted by Crippen LogP contribution is -2.31. The van der Waals surface area contributed by atoms with Crippen LogP contribution in [0.5, 0.6) is 5.75 Å². The van der Waals surface area contributed by atoms with Crippen LogP contribution >= 0.6 is 11.8 Å². The first-order valence-corrected chi connectivity index (χ1v) is 11.6. The number of carbonyl (C=O) groups excluding carboxylic acids is 2. The molecule has 0 N–H and O–H groups in total. The van der Waals surface area contributed by atoms with Crippen molar-refractivity contribution in [1.82, 2.24) is 0 Å². The summed E-state index contributed by atoms with van der Waals surface area (Å²) >= 11 is 1.39. The zero-order valence-electron chi connectivity index (χ0n) is 18.0. The standard InChI is InChI=1S/C28H21NO3S/c1-32-24-17-8-7-15-22(24)25-26(33-18-19-10-3-2-4-11-19)28(31)29(27(25)30)23-16-9-13-20-12-5-6-14-21(20)23/h2-17H,18H2,1H3. The molecule has 0 atom stereocenters. The van der Waals surface area contributed by atoms with E-state index in [1.807, 2.05) is 91.0 Å². The quantitative estimate of drug-likeness (QED) is 0.334. The molecule has 0 unspecified atom stereocenters. The lowest BCUT2D eigenvalue weighted by atomic mass is 10.0. The van der Waals surface area contributed by atoms with Crippen LogP contribution in [0.15, 0.2) is 102 Å². The minimum atomic E-state index is -0.337. The van der Waals surface area contributed by atoms with Crippen molar-refractivity contribution in [2.75, 3.05) is 12.0 Å². The number of benzene rings is 4. The van der Waals surface area contributed by atoms with E-state index in [0.29, 0.717) is 33.2 Å². The second-order valence-electron chi connectivity index (χ2n) is 7.62. The van der Waals surface area contributed by atoms with Crippen molar-refractivity contribution in [1.29, 1.82) is 0 Å². The third-order valence-electron chi connectivity index (χ3n) is 5.65. The van der Waals surface area contributed by atoms with E-state index in [2.05, 4.69) is 0 Å². The Morgan fingerprint density at radius 2 is 1.45 bits per heavy atom. The first-order chi connectivity index (χ1) is 16.2. The predicted octanol–water partition coefficient (Wildman–Crippen LogP) is 6.07. The van der Waals surface area contributed by atoms with Gasteiger partial charge in [0.2, 0.25) is 0 Å². The highest BCUT2D eigenvalue weighted by molar-refractivity contribution is 8.03. The Labute approximate surface area is 196 Å². The van der Waals surface area contributed by atoms with Gasteiger partial charge in [-0.15, -0.1) is 11.8 Å². The van der Waals surface area contributed by atoms with Gasteiger partial charge in [-0.2, -0.15) is 0 Å². The maximum Gasteiger partial charge on any atom is 0.272 e. The second kappa shape index (κ2) is 8.96. The number of fused-ring (bicyclic) bond motifs is 1. The highest BCUT2D eigenvalue weighted by Crippen LogP contribution is 2.43. The molecule has 0 bridgehead atoms. The molecule has 0 spiro atoms. The van der Waals surface area contributed by atoms with Crippen molar-refractivity contribution in [2.24, 2.45) is 0 Å². The van der Waals surface area contributed by atoms with E-state index in [9.17, 15) is 9.59 Å². The Morgan fingerprint density at radius 1 is 0.758 bits per heavy atom. The number of para-hydroxylation sites is 1. The molecule has 4 nitrogen and oxygen atoms in total. The molecule has 0 aliphatic carbocycles.